The summed E-state index contributed by atoms with van der Waals surface area (Å²) in [6.07, 6.45) is 0. The topological polar surface area (TPSA) is 61.4 Å². The van der Waals surface area contributed by atoms with Crippen molar-refractivity contribution < 1.29 is 9.59 Å². The number of benzene rings is 2. The third-order valence-electron chi connectivity index (χ3n) is 3.51. The fourth-order valence-electron chi connectivity index (χ4n) is 2.03. The lowest BCUT2D eigenvalue weighted by Gasteiger charge is -2.15. The fraction of sp³-hybridized carbons (Fsp3) is 0.222. The highest BCUT2D eigenvalue weighted by Gasteiger charge is 2.05. The highest BCUT2D eigenvalue weighted by molar-refractivity contribution is 5.91. The molecule has 5 nitrogen and oxygen atoms in total. The van der Waals surface area contributed by atoms with Crippen LogP contribution in [0.3, 0.4) is 0 Å². The zero-order valence-electron chi connectivity index (χ0n) is 13.4. The van der Waals surface area contributed by atoms with E-state index in [1.165, 1.54) is 6.92 Å². The Morgan fingerprint density at radius 3 is 2.26 bits per heavy atom. The Morgan fingerprint density at radius 2 is 1.65 bits per heavy atom. The van der Waals surface area contributed by atoms with Crippen LogP contribution in [0.4, 0.5) is 11.4 Å². The smallest absolute Gasteiger partial charge is 0.239 e. The summed E-state index contributed by atoms with van der Waals surface area (Å²) in [5, 5.41) is 5.92. The molecule has 120 valence electrons. The maximum absolute atomic E-state index is 11.8. The van der Waals surface area contributed by atoms with Crippen LogP contribution in [-0.2, 0) is 16.1 Å². The molecule has 0 bridgehead atoms. The van der Waals surface area contributed by atoms with Gasteiger partial charge in [0, 0.05) is 31.9 Å². The molecule has 0 aromatic heterocycles. The molecule has 2 aromatic carbocycles. The molecule has 0 saturated heterocycles. The standard InChI is InChI=1S/C18H21N3O2/c1-14(22)21(2)17-10-8-16(9-11-17)19-13-18(23)20-12-15-6-4-3-5-7-15/h3-11,19H,12-13H2,1-2H3,(H,20,23). The lowest BCUT2D eigenvalue weighted by Crippen LogP contribution is -2.29. The second-order valence-corrected chi connectivity index (χ2v) is 5.24. The molecule has 0 saturated carbocycles. The fourth-order valence-corrected chi connectivity index (χ4v) is 2.03. The minimum atomic E-state index is -0.0706. The Balaban J connectivity index is 1.79. The molecule has 2 N–H and O–H groups in total. The summed E-state index contributed by atoms with van der Waals surface area (Å²) >= 11 is 0. The molecule has 0 unspecified atom stereocenters. The molecule has 0 radical (unpaired) electrons. The summed E-state index contributed by atoms with van der Waals surface area (Å²) in [5.74, 6) is -0.0928. The van der Waals surface area contributed by atoms with Crippen molar-refractivity contribution in [2.45, 2.75) is 13.5 Å². The van der Waals surface area contributed by atoms with E-state index in [0.717, 1.165) is 16.9 Å². The number of anilines is 2. The van der Waals surface area contributed by atoms with E-state index < -0.39 is 0 Å². The first-order valence-corrected chi connectivity index (χ1v) is 7.45. The van der Waals surface area contributed by atoms with Crippen LogP contribution in [0.2, 0.25) is 0 Å². The molecule has 0 aliphatic carbocycles. The first-order valence-electron chi connectivity index (χ1n) is 7.45. The molecule has 0 spiro atoms. The molecular weight excluding hydrogens is 290 g/mol. The normalized spacial score (nSPS) is 10.0. The van der Waals surface area contributed by atoms with Gasteiger partial charge in [-0.3, -0.25) is 9.59 Å². The largest absolute Gasteiger partial charge is 0.376 e. The van der Waals surface area contributed by atoms with Crippen LogP contribution in [0.15, 0.2) is 54.6 Å². The first-order chi connectivity index (χ1) is 11.1. The quantitative estimate of drug-likeness (QED) is 0.861. The van der Waals surface area contributed by atoms with E-state index in [1.807, 2.05) is 54.6 Å². The van der Waals surface area contributed by atoms with Crippen LogP contribution in [0.5, 0.6) is 0 Å². The molecule has 0 atom stereocenters. The van der Waals surface area contributed by atoms with Crippen LogP contribution >= 0.6 is 0 Å². The number of rotatable bonds is 6. The van der Waals surface area contributed by atoms with E-state index in [-0.39, 0.29) is 18.4 Å². The number of hydrogen-bond acceptors (Lipinski definition) is 3. The minimum absolute atomic E-state index is 0.0222. The van der Waals surface area contributed by atoms with Crippen molar-refractivity contribution >= 4 is 23.2 Å². The van der Waals surface area contributed by atoms with Gasteiger partial charge in [0.2, 0.25) is 11.8 Å². The molecule has 2 rings (SSSR count). The van der Waals surface area contributed by atoms with E-state index >= 15 is 0 Å². The van der Waals surface area contributed by atoms with Gasteiger partial charge in [-0.1, -0.05) is 30.3 Å². The van der Waals surface area contributed by atoms with Gasteiger partial charge >= 0.3 is 0 Å². The van der Waals surface area contributed by atoms with Crippen molar-refractivity contribution in [3.05, 3.63) is 60.2 Å². The summed E-state index contributed by atoms with van der Waals surface area (Å²) in [6.45, 7) is 2.24. The van der Waals surface area contributed by atoms with Crippen molar-refractivity contribution in [1.29, 1.82) is 0 Å². The van der Waals surface area contributed by atoms with Gasteiger partial charge in [0.15, 0.2) is 0 Å². The number of amides is 2. The molecule has 0 heterocycles. The number of nitrogens with zero attached hydrogens (tertiary/aromatic N) is 1. The maximum atomic E-state index is 11.8. The molecule has 0 fully saturated rings. The maximum Gasteiger partial charge on any atom is 0.239 e. The van der Waals surface area contributed by atoms with E-state index in [4.69, 9.17) is 0 Å². The summed E-state index contributed by atoms with van der Waals surface area (Å²) in [4.78, 5) is 24.7. The van der Waals surface area contributed by atoms with Crippen molar-refractivity contribution in [3.8, 4) is 0 Å². The molecular formula is C18H21N3O2. The Morgan fingerprint density at radius 1 is 1.00 bits per heavy atom. The summed E-state index contributed by atoms with van der Waals surface area (Å²) in [6, 6.07) is 17.1. The number of carbonyl (C=O) groups is 2. The molecule has 5 heteroatoms. The van der Waals surface area contributed by atoms with E-state index in [9.17, 15) is 9.59 Å². The number of carbonyl (C=O) groups excluding carboxylic acids is 2. The zero-order valence-corrected chi connectivity index (χ0v) is 13.4. The Labute approximate surface area is 136 Å². The van der Waals surface area contributed by atoms with Crippen molar-refractivity contribution in [2.24, 2.45) is 0 Å². The van der Waals surface area contributed by atoms with Gasteiger partial charge in [0.1, 0.15) is 0 Å². The van der Waals surface area contributed by atoms with E-state index in [0.29, 0.717) is 6.54 Å². The number of hydrogen-bond donors (Lipinski definition) is 2. The van der Waals surface area contributed by atoms with Crippen molar-refractivity contribution in [3.63, 3.8) is 0 Å². The average Bonchev–Trinajstić information content (AvgIpc) is 2.58. The first kappa shape index (κ1) is 16.5. The van der Waals surface area contributed by atoms with Gasteiger partial charge < -0.3 is 15.5 Å². The molecule has 0 aliphatic rings. The van der Waals surface area contributed by atoms with Crippen LogP contribution in [0.1, 0.15) is 12.5 Å². The lowest BCUT2D eigenvalue weighted by atomic mass is 10.2. The Bertz CT molecular complexity index is 654. The predicted octanol–water partition coefficient (Wildman–Crippen LogP) is 2.40. The van der Waals surface area contributed by atoms with Gasteiger partial charge in [0.25, 0.3) is 0 Å². The van der Waals surface area contributed by atoms with Gasteiger partial charge in [-0.2, -0.15) is 0 Å². The molecule has 0 aliphatic heterocycles. The van der Waals surface area contributed by atoms with Gasteiger partial charge in [-0.15, -0.1) is 0 Å². The molecule has 2 amide bonds. The Kier molecular flexibility index (Phi) is 5.74. The van der Waals surface area contributed by atoms with Crippen LogP contribution < -0.4 is 15.5 Å². The highest BCUT2D eigenvalue weighted by Crippen LogP contribution is 2.16. The summed E-state index contributed by atoms with van der Waals surface area (Å²) in [7, 11) is 1.72. The van der Waals surface area contributed by atoms with Gasteiger partial charge in [-0.05, 0) is 29.8 Å². The summed E-state index contributed by atoms with van der Waals surface area (Å²) < 4.78 is 0. The molecule has 23 heavy (non-hydrogen) atoms. The second kappa shape index (κ2) is 7.98. The van der Waals surface area contributed by atoms with Crippen molar-refractivity contribution in [1.82, 2.24) is 5.32 Å². The lowest BCUT2D eigenvalue weighted by molar-refractivity contribution is -0.119. The highest BCUT2D eigenvalue weighted by atomic mass is 16.2. The monoisotopic (exact) mass is 311 g/mol. The molecule has 2 aromatic rings. The van der Waals surface area contributed by atoms with E-state index in [2.05, 4.69) is 10.6 Å². The Hall–Kier alpha value is -2.82. The van der Waals surface area contributed by atoms with Crippen LogP contribution in [-0.4, -0.2) is 25.4 Å². The van der Waals surface area contributed by atoms with Gasteiger partial charge in [-0.25, -0.2) is 0 Å². The average molecular weight is 311 g/mol. The number of nitrogens with one attached hydrogen (secondary N) is 2. The van der Waals surface area contributed by atoms with E-state index in [1.54, 1.807) is 11.9 Å². The van der Waals surface area contributed by atoms with Gasteiger partial charge in [0.05, 0.1) is 6.54 Å². The minimum Gasteiger partial charge on any atom is -0.376 e. The third-order valence-corrected chi connectivity index (χ3v) is 3.51. The predicted molar refractivity (Wildman–Crippen MR) is 92.3 cm³/mol. The van der Waals surface area contributed by atoms with Crippen LogP contribution in [0, 0.1) is 0 Å². The zero-order chi connectivity index (χ0) is 16.7. The third kappa shape index (κ3) is 5.14. The second-order valence-electron chi connectivity index (χ2n) is 5.24. The van der Waals surface area contributed by atoms with Crippen molar-refractivity contribution in [2.75, 3.05) is 23.8 Å². The SMILES string of the molecule is CC(=O)N(C)c1ccc(NCC(=O)NCc2ccccc2)cc1. The summed E-state index contributed by atoms with van der Waals surface area (Å²) in [5.41, 5.74) is 2.72. The van der Waals surface area contributed by atoms with Crippen LogP contribution in [0.25, 0.3) is 0 Å².